The van der Waals surface area contributed by atoms with Gasteiger partial charge in [-0.3, -0.25) is 4.79 Å². The summed E-state index contributed by atoms with van der Waals surface area (Å²) in [4.78, 5) is 23.5. The maximum atomic E-state index is 12.6. The molecule has 0 unspecified atom stereocenters. The average molecular weight is 393 g/mol. The molecule has 2 fully saturated rings. The summed E-state index contributed by atoms with van der Waals surface area (Å²) in [6, 6.07) is 9.64. The van der Waals surface area contributed by atoms with E-state index in [0.29, 0.717) is 36.8 Å². The highest BCUT2D eigenvalue weighted by atomic mass is 16.5. The molecule has 1 saturated heterocycles. The zero-order chi connectivity index (χ0) is 19.6. The Hall–Kier alpha value is -2.51. The first-order valence-electron chi connectivity index (χ1n) is 10.5. The number of carbonyl (C=O) groups excluding carboxylic acids is 1. The molecule has 7 nitrogen and oxygen atoms in total. The van der Waals surface area contributed by atoms with Gasteiger partial charge < -0.3 is 20.3 Å². The van der Waals surface area contributed by atoms with E-state index in [1.807, 2.05) is 0 Å². The number of ether oxygens (including phenoxy) is 1. The number of aromatic nitrogens is 2. The summed E-state index contributed by atoms with van der Waals surface area (Å²) in [7, 11) is 0. The fraction of sp³-hybridized carbons (Fsp3) is 0.500. The SMILES string of the molecule is O=C(N[C@H]1CC[C@H]1NC1Cc2ccccc2C1)c1cnc(N2CCOCC2)nc1. The van der Waals surface area contributed by atoms with Crippen LogP contribution in [0.3, 0.4) is 0 Å². The predicted molar refractivity (Wildman–Crippen MR) is 110 cm³/mol. The first kappa shape index (κ1) is 18.5. The van der Waals surface area contributed by atoms with Crippen molar-refractivity contribution in [3.05, 3.63) is 53.3 Å². The zero-order valence-electron chi connectivity index (χ0n) is 16.5. The molecule has 7 heteroatoms. The summed E-state index contributed by atoms with van der Waals surface area (Å²) in [6.07, 6.45) is 7.51. The lowest BCUT2D eigenvalue weighted by Gasteiger charge is -2.39. The van der Waals surface area contributed by atoms with Gasteiger partial charge in [0.15, 0.2) is 0 Å². The minimum atomic E-state index is -0.0928. The van der Waals surface area contributed by atoms with E-state index in [0.717, 1.165) is 38.8 Å². The Morgan fingerprint density at radius 3 is 2.28 bits per heavy atom. The number of benzene rings is 1. The molecule has 5 rings (SSSR count). The lowest BCUT2D eigenvalue weighted by molar-refractivity contribution is 0.0888. The largest absolute Gasteiger partial charge is 0.378 e. The van der Waals surface area contributed by atoms with Gasteiger partial charge in [0, 0.05) is 43.6 Å². The van der Waals surface area contributed by atoms with Crippen LogP contribution in [0.1, 0.15) is 34.3 Å². The minimum absolute atomic E-state index is 0.0928. The van der Waals surface area contributed by atoms with Gasteiger partial charge in [-0.1, -0.05) is 24.3 Å². The molecule has 2 heterocycles. The van der Waals surface area contributed by atoms with Gasteiger partial charge in [-0.2, -0.15) is 0 Å². The summed E-state index contributed by atoms with van der Waals surface area (Å²) in [5.41, 5.74) is 3.41. The number of rotatable bonds is 5. The Labute approximate surface area is 170 Å². The highest BCUT2D eigenvalue weighted by molar-refractivity contribution is 5.94. The molecule has 3 aliphatic rings. The van der Waals surface area contributed by atoms with E-state index in [9.17, 15) is 4.79 Å². The number of hydrogen-bond donors (Lipinski definition) is 2. The number of fused-ring (bicyclic) bond motifs is 1. The lowest BCUT2D eigenvalue weighted by atomic mass is 9.85. The number of anilines is 1. The molecule has 1 saturated carbocycles. The van der Waals surface area contributed by atoms with Crippen LogP contribution in [-0.4, -0.2) is 60.3 Å². The molecule has 1 aromatic carbocycles. The maximum absolute atomic E-state index is 12.6. The summed E-state index contributed by atoms with van der Waals surface area (Å²) in [5, 5.41) is 6.92. The third-order valence-corrected chi connectivity index (χ3v) is 6.29. The smallest absolute Gasteiger partial charge is 0.254 e. The highest BCUT2D eigenvalue weighted by Crippen LogP contribution is 2.26. The van der Waals surface area contributed by atoms with Crippen LogP contribution in [0.5, 0.6) is 0 Å². The van der Waals surface area contributed by atoms with Crippen molar-refractivity contribution in [1.29, 1.82) is 0 Å². The Bertz CT molecular complexity index is 841. The van der Waals surface area contributed by atoms with Crippen LogP contribution in [0.25, 0.3) is 0 Å². The Kier molecular flexibility index (Phi) is 5.16. The second-order valence-corrected chi connectivity index (χ2v) is 8.18. The fourth-order valence-electron chi connectivity index (χ4n) is 4.47. The summed E-state index contributed by atoms with van der Waals surface area (Å²) in [6.45, 7) is 2.94. The van der Waals surface area contributed by atoms with E-state index in [1.54, 1.807) is 12.4 Å². The van der Waals surface area contributed by atoms with Crippen LogP contribution in [0.15, 0.2) is 36.7 Å². The van der Waals surface area contributed by atoms with Crippen LogP contribution in [0, 0.1) is 0 Å². The first-order valence-corrected chi connectivity index (χ1v) is 10.5. The molecule has 0 spiro atoms. The molecule has 0 bridgehead atoms. The average Bonchev–Trinajstić information content (AvgIpc) is 3.18. The van der Waals surface area contributed by atoms with Gasteiger partial charge >= 0.3 is 0 Å². The molecule has 29 heavy (non-hydrogen) atoms. The molecule has 2 aliphatic carbocycles. The molecule has 152 valence electrons. The van der Waals surface area contributed by atoms with Crippen LogP contribution >= 0.6 is 0 Å². The number of nitrogens with one attached hydrogen (secondary N) is 2. The van der Waals surface area contributed by atoms with Crippen molar-refractivity contribution < 1.29 is 9.53 Å². The quantitative estimate of drug-likeness (QED) is 0.798. The van der Waals surface area contributed by atoms with Crippen molar-refractivity contribution in [2.75, 3.05) is 31.2 Å². The predicted octanol–water partition coefficient (Wildman–Crippen LogP) is 1.33. The molecule has 0 radical (unpaired) electrons. The molecule has 1 aliphatic heterocycles. The van der Waals surface area contributed by atoms with E-state index < -0.39 is 0 Å². The van der Waals surface area contributed by atoms with Crippen LogP contribution < -0.4 is 15.5 Å². The number of morpholine rings is 1. The van der Waals surface area contributed by atoms with E-state index in [4.69, 9.17) is 4.74 Å². The second-order valence-electron chi connectivity index (χ2n) is 8.18. The molecule has 1 aromatic heterocycles. The van der Waals surface area contributed by atoms with Crippen molar-refractivity contribution >= 4 is 11.9 Å². The van der Waals surface area contributed by atoms with Crippen LogP contribution in [0.2, 0.25) is 0 Å². The molecule has 2 N–H and O–H groups in total. The number of nitrogens with zero attached hydrogens (tertiary/aromatic N) is 3. The van der Waals surface area contributed by atoms with Gasteiger partial charge in [-0.05, 0) is 36.8 Å². The van der Waals surface area contributed by atoms with E-state index in [1.165, 1.54) is 11.1 Å². The monoisotopic (exact) mass is 393 g/mol. The fourth-order valence-corrected chi connectivity index (χ4v) is 4.47. The van der Waals surface area contributed by atoms with E-state index in [-0.39, 0.29) is 11.9 Å². The molecule has 1 amide bonds. The summed E-state index contributed by atoms with van der Waals surface area (Å²) < 4.78 is 5.35. The van der Waals surface area contributed by atoms with Gasteiger partial charge in [0.25, 0.3) is 5.91 Å². The molecule has 2 aromatic rings. The van der Waals surface area contributed by atoms with Gasteiger partial charge in [-0.25, -0.2) is 9.97 Å². The van der Waals surface area contributed by atoms with Crippen molar-refractivity contribution in [3.8, 4) is 0 Å². The third kappa shape index (κ3) is 3.97. The standard InChI is InChI=1S/C22H27N5O2/c28-21(17-13-23-22(24-14-17)27-7-9-29-10-8-27)26-20-6-5-19(20)25-18-11-15-3-1-2-4-16(15)12-18/h1-4,13-14,18-20,25H,5-12H2,(H,26,28)/t19-,20+/m1/s1. The van der Waals surface area contributed by atoms with Crippen molar-refractivity contribution in [2.24, 2.45) is 0 Å². The van der Waals surface area contributed by atoms with Gasteiger partial charge in [-0.15, -0.1) is 0 Å². The van der Waals surface area contributed by atoms with E-state index >= 15 is 0 Å². The van der Waals surface area contributed by atoms with E-state index in [2.05, 4.69) is 49.8 Å². The normalized spacial score (nSPS) is 24.1. The van der Waals surface area contributed by atoms with Crippen molar-refractivity contribution in [2.45, 2.75) is 43.8 Å². The highest BCUT2D eigenvalue weighted by Gasteiger charge is 2.35. The zero-order valence-corrected chi connectivity index (χ0v) is 16.5. The van der Waals surface area contributed by atoms with Gasteiger partial charge in [0.1, 0.15) is 0 Å². The van der Waals surface area contributed by atoms with Gasteiger partial charge in [0.05, 0.1) is 18.8 Å². The van der Waals surface area contributed by atoms with Crippen LogP contribution in [0.4, 0.5) is 5.95 Å². The van der Waals surface area contributed by atoms with Crippen LogP contribution in [-0.2, 0) is 17.6 Å². The Balaban J connectivity index is 1.14. The Morgan fingerprint density at radius 1 is 1.00 bits per heavy atom. The maximum Gasteiger partial charge on any atom is 0.254 e. The van der Waals surface area contributed by atoms with Crippen molar-refractivity contribution in [3.63, 3.8) is 0 Å². The Morgan fingerprint density at radius 2 is 1.66 bits per heavy atom. The first-order chi connectivity index (χ1) is 14.3. The number of amides is 1. The third-order valence-electron chi connectivity index (χ3n) is 6.29. The molecular formula is C22H27N5O2. The molecular weight excluding hydrogens is 366 g/mol. The minimum Gasteiger partial charge on any atom is -0.378 e. The molecule has 2 atom stereocenters. The lowest BCUT2D eigenvalue weighted by Crippen LogP contribution is -2.59. The summed E-state index contributed by atoms with van der Waals surface area (Å²) >= 11 is 0. The topological polar surface area (TPSA) is 79.4 Å². The van der Waals surface area contributed by atoms with Gasteiger partial charge in [0.2, 0.25) is 5.95 Å². The number of carbonyl (C=O) groups is 1. The second kappa shape index (κ2) is 8.08. The van der Waals surface area contributed by atoms with Crippen molar-refractivity contribution in [1.82, 2.24) is 20.6 Å². The summed E-state index contributed by atoms with van der Waals surface area (Å²) in [5.74, 6) is 0.568. The number of hydrogen-bond acceptors (Lipinski definition) is 6.